The van der Waals surface area contributed by atoms with Crippen LogP contribution in [0.4, 0.5) is 0 Å². The van der Waals surface area contributed by atoms with Crippen LogP contribution in [0.15, 0.2) is 34.7 Å². The van der Waals surface area contributed by atoms with E-state index in [-0.39, 0.29) is 5.92 Å². The smallest absolute Gasteiger partial charge is 0.143 e. The number of benzene rings is 1. The predicted molar refractivity (Wildman–Crippen MR) is 62.4 cm³/mol. The summed E-state index contributed by atoms with van der Waals surface area (Å²) in [6.07, 6.45) is 3.82. The molecule has 0 spiro atoms. The summed E-state index contributed by atoms with van der Waals surface area (Å²) in [5.74, 6) is 1.19. The van der Waals surface area contributed by atoms with Crippen LogP contribution in [0.2, 0.25) is 0 Å². The van der Waals surface area contributed by atoms with Crippen molar-refractivity contribution in [2.45, 2.75) is 31.6 Å². The molecular weight excluding hydrogens is 200 g/mol. The minimum Gasteiger partial charge on any atom is -0.460 e. The van der Waals surface area contributed by atoms with E-state index in [9.17, 15) is 4.79 Å². The van der Waals surface area contributed by atoms with Crippen molar-refractivity contribution >= 4 is 16.8 Å². The lowest BCUT2D eigenvalue weighted by Crippen LogP contribution is -2.16. The number of para-hydroxylation sites is 1. The molecular formula is C14H14O2. The Morgan fingerprint density at radius 3 is 2.88 bits per heavy atom. The summed E-state index contributed by atoms with van der Waals surface area (Å²) in [5, 5.41) is 1.09. The van der Waals surface area contributed by atoms with E-state index < -0.39 is 0 Å². The molecule has 0 radical (unpaired) electrons. The second-order valence-corrected chi connectivity index (χ2v) is 4.45. The van der Waals surface area contributed by atoms with Gasteiger partial charge in [-0.25, -0.2) is 0 Å². The molecule has 1 aliphatic rings. The summed E-state index contributed by atoms with van der Waals surface area (Å²) in [6, 6.07) is 9.94. The fraction of sp³-hybridized carbons (Fsp3) is 0.357. The second kappa shape index (κ2) is 3.78. The highest BCUT2D eigenvalue weighted by atomic mass is 16.3. The Balaban J connectivity index is 2.01. The van der Waals surface area contributed by atoms with Gasteiger partial charge in [-0.15, -0.1) is 0 Å². The maximum atomic E-state index is 11.8. The van der Waals surface area contributed by atoms with Crippen molar-refractivity contribution in [3.05, 3.63) is 36.1 Å². The van der Waals surface area contributed by atoms with Crippen LogP contribution in [-0.4, -0.2) is 5.78 Å². The molecule has 1 aliphatic carbocycles. The van der Waals surface area contributed by atoms with Gasteiger partial charge in [-0.2, -0.15) is 0 Å². The van der Waals surface area contributed by atoms with E-state index in [0.29, 0.717) is 12.2 Å². The molecule has 1 unspecified atom stereocenters. The number of hydrogen-bond donors (Lipinski definition) is 0. The Kier molecular flexibility index (Phi) is 2.28. The van der Waals surface area contributed by atoms with E-state index in [0.717, 1.165) is 36.0 Å². The SMILES string of the molecule is O=C1CCCCC1c1cc2ccccc2o1. The Bertz CT molecular complexity index is 491. The third-order valence-corrected chi connectivity index (χ3v) is 3.34. The number of carbonyl (C=O) groups is 1. The summed E-state index contributed by atoms with van der Waals surface area (Å²) in [5.41, 5.74) is 0.885. The van der Waals surface area contributed by atoms with Gasteiger partial charge in [0.05, 0.1) is 5.92 Å². The van der Waals surface area contributed by atoms with Crippen LogP contribution in [-0.2, 0) is 4.79 Å². The van der Waals surface area contributed by atoms with Crippen molar-refractivity contribution in [3.63, 3.8) is 0 Å². The van der Waals surface area contributed by atoms with Gasteiger partial charge in [0.15, 0.2) is 0 Å². The average Bonchev–Trinajstić information content (AvgIpc) is 2.73. The third kappa shape index (κ3) is 1.54. The van der Waals surface area contributed by atoms with E-state index in [1.165, 1.54) is 0 Å². The Morgan fingerprint density at radius 2 is 2.06 bits per heavy atom. The Morgan fingerprint density at radius 1 is 1.19 bits per heavy atom. The zero-order valence-electron chi connectivity index (χ0n) is 9.11. The minimum atomic E-state index is 0.00106. The number of ketones is 1. The lowest BCUT2D eigenvalue weighted by atomic mass is 9.86. The van der Waals surface area contributed by atoms with Crippen LogP contribution in [0.3, 0.4) is 0 Å². The molecule has 1 aromatic heterocycles. The van der Waals surface area contributed by atoms with Crippen molar-refractivity contribution in [1.29, 1.82) is 0 Å². The van der Waals surface area contributed by atoms with Gasteiger partial charge < -0.3 is 4.42 Å². The fourth-order valence-corrected chi connectivity index (χ4v) is 2.46. The Hall–Kier alpha value is -1.57. The molecule has 1 aromatic carbocycles. The molecule has 1 saturated carbocycles. The summed E-state index contributed by atoms with van der Waals surface area (Å²) in [4.78, 5) is 11.8. The Labute approximate surface area is 94.3 Å². The van der Waals surface area contributed by atoms with Gasteiger partial charge >= 0.3 is 0 Å². The summed E-state index contributed by atoms with van der Waals surface area (Å²) in [6.45, 7) is 0. The van der Waals surface area contributed by atoms with E-state index in [2.05, 4.69) is 0 Å². The van der Waals surface area contributed by atoms with Crippen molar-refractivity contribution in [1.82, 2.24) is 0 Å². The quantitative estimate of drug-likeness (QED) is 0.725. The number of rotatable bonds is 1. The summed E-state index contributed by atoms with van der Waals surface area (Å²) < 4.78 is 5.76. The molecule has 0 amide bonds. The first-order valence-corrected chi connectivity index (χ1v) is 5.86. The van der Waals surface area contributed by atoms with Crippen LogP contribution >= 0.6 is 0 Å². The van der Waals surface area contributed by atoms with Crippen molar-refractivity contribution < 1.29 is 9.21 Å². The largest absolute Gasteiger partial charge is 0.460 e. The molecule has 0 aliphatic heterocycles. The van der Waals surface area contributed by atoms with Gasteiger partial charge in [0.2, 0.25) is 0 Å². The van der Waals surface area contributed by atoms with Crippen LogP contribution in [0, 0.1) is 0 Å². The van der Waals surface area contributed by atoms with Crippen molar-refractivity contribution in [2.75, 3.05) is 0 Å². The monoisotopic (exact) mass is 214 g/mol. The molecule has 82 valence electrons. The maximum Gasteiger partial charge on any atom is 0.143 e. The molecule has 2 heteroatoms. The van der Waals surface area contributed by atoms with E-state index in [1.807, 2.05) is 30.3 Å². The number of carbonyl (C=O) groups excluding carboxylic acids is 1. The van der Waals surface area contributed by atoms with Crippen LogP contribution in [0.5, 0.6) is 0 Å². The lowest BCUT2D eigenvalue weighted by molar-refractivity contribution is -0.122. The maximum absolute atomic E-state index is 11.8. The van der Waals surface area contributed by atoms with Gasteiger partial charge in [0.25, 0.3) is 0 Å². The molecule has 1 fully saturated rings. The number of furan rings is 1. The molecule has 2 nitrogen and oxygen atoms in total. The topological polar surface area (TPSA) is 30.2 Å². The standard InChI is InChI=1S/C14H14O2/c15-12-7-3-2-6-11(12)14-9-10-5-1-4-8-13(10)16-14/h1,4-5,8-9,11H,2-3,6-7H2. The first-order chi connectivity index (χ1) is 7.84. The van der Waals surface area contributed by atoms with Gasteiger partial charge in [-0.1, -0.05) is 24.6 Å². The number of hydrogen-bond acceptors (Lipinski definition) is 2. The third-order valence-electron chi connectivity index (χ3n) is 3.34. The zero-order valence-corrected chi connectivity index (χ0v) is 9.11. The van der Waals surface area contributed by atoms with Gasteiger partial charge in [-0.05, 0) is 25.0 Å². The van der Waals surface area contributed by atoms with E-state index >= 15 is 0 Å². The summed E-state index contributed by atoms with van der Waals surface area (Å²) in [7, 11) is 0. The average molecular weight is 214 g/mol. The van der Waals surface area contributed by atoms with Gasteiger partial charge in [0, 0.05) is 11.8 Å². The number of fused-ring (bicyclic) bond motifs is 1. The second-order valence-electron chi connectivity index (χ2n) is 4.45. The van der Waals surface area contributed by atoms with Crippen molar-refractivity contribution in [3.8, 4) is 0 Å². The van der Waals surface area contributed by atoms with E-state index in [4.69, 9.17) is 4.42 Å². The van der Waals surface area contributed by atoms with Crippen LogP contribution < -0.4 is 0 Å². The van der Waals surface area contributed by atoms with Gasteiger partial charge in [-0.3, -0.25) is 4.79 Å². The fourth-order valence-electron chi connectivity index (χ4n) is 2.46. The van der Waals surface area contributed by atoms with Crippen LogP contribution in [0.25, 0.3) is 11.0 Å². The molecule has 16 heavy (non-hydrogen) atoms. The van der Waals surface area contributed by atoms with Crippen molar-refractivity contribution in [2.24, 2.45) is 0 Å². The molecule has 2 aromatic rings. The normalized spacial score (nSPS) is 21.5. The van der Waals surface area contributed by atoms with Gasteiger partial charge in [0.1, 0.15) is 17.1 Å². The van der Waals surface area contributed by atoms with E-state index in [1.54, 1.807) is 0 Å². The molecule has 0 saturated heterocycles. The minimum absolute atomic E-state index is 0.00106. The molecule has 3 rings (SSSR count). The highest BCUT2D eigenvalue weighted by molar-refractivity contribution is 5.87. The zero-order chi connectivity index (χ0) is 11.0. The van der Waals surface area contributed by atoms with Crippen LogP contribution in [0.1, 0.15) is 37.4 Å². The first kappa shape index (κ1) is 9.64. The molecule has 0 N–H and O–H groups in total. The molecule has 1 atom stereocenters. The highest BCUT2D eigenvalue weighted by Crippen LogP contribution is 2.33. The first-order valence-electron chi connectivity index (χ1n) is 5.86. The predicted octanol–water partition coefficient (Wildman–Crippen LogP) is 3.66. The lowest BCUT2D eigenvalue weighted by Gasteiger charge is -2.17. The summed E-state index contributed by atoms with van der Waals surface area (Å²) >= 11 is 0. The molecule has 1 heterocycles. The molecule has 0 bridgehead atoms. The number of Topliss-reactive ketones (excluding diaryl/α,β-unsaturated/α-hetero) is 1. The highest BCUT2D eigenvalue weighted by Gasteiger charge is 2.26.